The minimum absolute atomic E-state index is 0.918. The molecule has 1 aromatic carbocycles. The number of benzene rings is 1. The van der Waals surface area contributed by atoms with E-state index in [2.05, 4.69) is 33.7 Å². The zero-order chi connectivity index (χ0) is 10.3. The number of aromatic nitrogens is 3. The summed E-state index contributed by atoms with van der Waals surface area (Å²) in [6.45, 7) is 3.00. The molecule has 0 spiro atoms. The predicted octanol–water partition coefficient (Wildman–Crippen LogP) is 1.54. The Morgan fingerprint density at radius 2 is 2.33 bits per heavy atom. The van der Waals surface area contributed by atoms with Gasteiger partial charge in [-0.3, -0.25) is 4.57 Å². The number of nitrogens with one attached hydrogen (secondary N) is 1. The summed E-state index contributed by atoms with van der Waals surface area (Å²) in [7, 11) is 0. The van der Waals surface area contributed by atoms with Crippen LogP contribution in [0.4, 0.5) is 5.69 Å². The second-order valence-electron chi connectivity index (χ2n) is 3.77. The van der Waals surface area contributed by atoms with Crippen LogP contribution in [0.2, 0.25) is 0 Å². The maximum Gasteiger partial charge on any atom is 0.134 e. The Balaban J connectivity index is 2.11. The summed E-state index contributed by atoms with van der Waals surface area (Å²) in [5, 5.41) is 11.2. The number of aryl methyl sites for hydroxylation is 1. The van der Waals surface area contributed by atoms with E-state index in [0.29, 0.717) is 0 Å². The molecular formula is C11H12N4. The zero-order valence-electron chi connectivity index (χ0n) is 8.57. The lowest BCUT2D eigenvalue weighted by Crippen LogP contribution is -1.96. The molecule has 0 saturated heterocycles. The number of hydrogen-bond acceptors (Lipinski definition) is 3. The van der Waals surface area contributed by atoms with Gasteiger partial charge in [-0.25, -0.2) is 0 Å². The summed E-state index contributed by atoms with van der Waals surface area (Å²) in [5.41, 5.74) is 3.77. The average Bonchev–Trinajstić information content (AvgIpc) is 2.84. The molecule has 1 N–H and O–H groups in total. The van der Waals surface area contributed by atoms with Gasteiger partial charge in [0.1, 0.15) is 12.2 Å². The van der Waals surface area contributed by atoms with Gasteiger partial charge in [-0.15, -0.1) is 10.2 Å². The number of hydrogen-bond donors (Lipinski definition) is 1. The summed E-state index contributed by atoms with van der Waals surface area (Å²) < 4.78 is 2.00. The summed E-state index contributed by atoms with van der Waals surface area (Å²) in [6.07, 6.45) is 2.85. The van der Waals surface area contributed by atoms with Crippen LogP contribution in [0.3, 0.4) is 0 Å². The van der Waals surface area contributed by atoms with Gasteiger partial charge in [-0.2, -0.15) is 0 Å². The van der Waals surface area contributed by atoms with E-state index in [1.165, 1.54) is 11.3 Å². The fourth-order valence-corrected chi connectivity index (χ4v) is 1.99. The van der Waals surface area contributed by atoms with Gasteiger partial charge in [0.2, 0.25) is 0 Å². The van der Waals surface area contributed by atoms with Crippen molar-refractivity contribution in [3.05, 3.63) is 35.9 Å². The SMILES string of the molecule is Cc1nncn1-c1ccc2c(c1)CCN2. The molecule has 1 aliphatic heterocycles. The third-order valence-electron chi connectivity index (χ3n) is 2.79. The topological polar surface area (TPSA) is 42.7 Å². The molecule has 76 valence electrons. The van der Waals surface area contributed by atoms with E-state index >= 15 is 0 Å². The second kappa shape index (κ2) is 3.08. The van der Waals surface area contributed by atoms with Crippen molar-refractivity contribution in [2.75, 3.05) is 11.9 Å². The molecule has 0 radical (unpaired) electrons. The first-order chi connectivity index (χ1) is 7.34. The van der Waals surface area contributed by atoms with Crippen molar-refractivity contribution in [3.63, 3.8) is 0 Å². The normalized spacial score (nSPS) is 13.7. The van der Waals surface area contributed by atoms with Crippen LogP contribution < -0.4 is 5.32 Å². The van der Waals surface area contributed by atoms with Gasteiger partial charge in [-0.1, -0.05) is 0 Å². The van der Waals surface area contributed by atoms with Gasteiger partial charge in [0.25, 0.3) is 0 Å². The minimum atomic E-state index is 0.918. The van der Waals surface area contributed by atoms with E-state index in [1.807, 2.05) is 11.5 Å². The molecule has 0 fully saturated rings. The highest BCUT2D eigenvalue weighted by atomic mass is 15.3. The zero-order valence-corrected chi connectivity index (χ0v) is 8.57. The van der Waals surface area contributed by atoms with Gasteiger partial charge >= 0.3 is 0 Å². The first-order valence-electron chi connectivity index (χ1n) is 5.08. The van der Waals surface area contributed by atoms with Gasteiger partial charge in [-0.05, 0) is 37.1 Å². The lowest BCUT2D eigenvalue weighted by molar-refractivity contribution is 0.966. The molecule has 1 aliphatic rings. The summed E-state index contributed by atoms with van der Waals surface area (Å²) in [5.74, 6) is 0.918. The predicted molar refractivity (Wildman–Crippen MR) is 58.3 cm³/mol. The monoisotopic (exact) mass is 200 g/mol. The highest BCUT2D eigenvalue weighted by molar-refractivity contribution is 5.59. The molecule has 4 nitrogen and oxygen atoms in total. The van der Waals surface area contributed by atoms with Crippen LogP contribution in [0.25, 0.3) is 5.69 Å². The molecule has 0 saturated carbocycles. The number of rotatable bonds is 1. The van der Waals surface area contributed by atoms with Gasteiger partial charge in [0.05, 0.1) is 0 Å². The van der Waals surface area contributed by atoms with Crippen molar-refractivity contribution in [2.24, 2.45) is 0 Å². The molecule has 4 heteroatoms. The van der Waals surface area contributed by atoms with E-state index in [9.17, 15) is 0 Å². The molecule has 0 bridgehead atoms. The Morgan fingerprint density at radius 3 is 3.13 bits per heavy atom. The fourth-order valence-electron chi connectivity index (χ4n) is 1.99. The molecule has 3 rings (SSSR count). The quantitative estimate of drug-likeness (QED) is 0.759. The maximum atomic E-state index is 3.98. The van der Waals surface area contributed by atoms with Crippen LogP contribution in [0.1, 0.15) is 11.4 Å². The highest BCUT2D eigenvalue weighted by Crippen LogP contribution is 2.24. The van der Waals surface area contributed by atoms with Crippen LogP contribution >= 0.6 is 0 Å². The Bertz CT molecular complexity index is 501. The van der Waals surface area contributed by atoms with Crippen molar-refractivity contribution in [1.29, 1.82) is 0 Å². The van der Waals surface area contributed by atoms with Crippen LogP contribution in [0, 0.1) is 6.92 Å². The van der Waals surface area contributed by atoms with Crippen molar-refractivity contribution in [3.8, 4) is 5.69 Å². The number of nitrogens with zero attached hydrogens (tertiary/aromatic N) is 3. The number of anilines is 1. The van der Waals surface area contributed by atoms with E-state index in [-0.39, 0.29) is 0 Å². The summed E-state index contributed by atoms with van der Waals surface area (Å²) in [4.78, 5) is 0. The van der Waals surface area contributed by atoms with Crippen molar-refractivity contribution < 1.29 is 0 Å². The van der Waals surface area contributed by atoms with Gasteiger partial charge in [0, 0.05) is 17.9 Å². The van der Waals surface area contributed by atoms with Crippen molar-refractivity contribution in [1.82, 2.24) is 14.8 Å². The van der Waals surface area contributed by atoms with Gasteiger partial charge < -0.3 is 5.32 Å². The number of fused-ring (bicyclic) bond motifs is 1. The van der Waals surface area contributed by atoms with Crippen LogP contribution in [-0.2, 0) is 6.42 Å². The molecule has 0 unspecified atom stereocenters. The standard InChI is InChI=1S/C11H12N4/c1-8-14-13-7-15(8)10-2-3-11-9(6-10)4-5-12-11/h2-3,6-7,12H,4-5H2,1H3. The van der Waals surface area contributed by atoms with Crippen molar-refractivity contribution >= 4 is 5.69 Å². The molecule has 0 amide bonds. The molecule has 2 heterocycles. The van der Waals surface area contributed by atoms with Crippen molar-refractivity contribution in [2.45, 2.75) is 13.3 Å². The minimum Gasteiger partial charge on any atom is -0.384 e. The Hall–Kier alpha value is -1.84. The van der Waals surface area contributed by atoms with Crippen LogP contribution in [0.15, 0.2) is 24.5 Å². The Kier molecular flexibility index (Phi) is 1.74. The average molecular weight is 200 g/mol. The molecule has 1 aromatic heterocycles. The maximum absolute atomic E-state index is 3.98. The Morgan fingerprint density at radius 1 is 1.40 bits per heavy atom. The molecule has 0 aliphatic carbocycles. The molecular weight excluding hydrogens is 188 g/mol. The third kappa shape index (κ3) is 1.29. The first-order valence-corrected chi connectivity index (χ1v) is 5.08. The van der Waals surface area contributed by atoms with Crippen LogP contribution in [0.5, 0.6) is 0 Å². The van der Waals surface area contributed by atoms with E-state index < -0.39 is 0 Å². The smallest absolute Gasteiger partial charge is 0.134 e. The highest BCUT2D eigenvalue weighted by Gasteiger charge is 2.11. The Labute approximate surface area is 88.0 Å². The largest absolute Gasteiger partial charge is 0.384 e. The third-order valence-corrected chi connectivity index (χ3v) is 2.79. The second-order valence-corrected chi connectivity index (χ2v) is 3.77. The van der Waals surface area contributed by atoms with Crippen LogP contribution in [-0.4, -0.2) is 21.3 Å². The van der Waals surface area contributed by atoms with E-state index in [1.54, 1.807) is 6.33 Å². The fraction of sp³-hybridized carbons (Fsp3) is 0.273. The molecule has 15 heavy (non-hydrogen) atoms. The molecule has 2 aromatic rings. The van der Waals surface area contributed by atoms with E-state index in [4.69, 9.17) is 0 Å². The first kappa shape index (κ1) is 8.47. The lowest BCUT2D eigenvalue weighted by atomic mass is 10.1. The summed E-state index contributed by atoms with van der Waals surface area (Å²) in [6, 6.07) is 6.41. The summed E-state index contributed by atoms with van der Waals surface area (Å²) >= 11 is 0. The van der Waals surface area contributed by atoms with E-state index in [0.717, 1.165) is 24.5 Å². The lowest BCUT2D eigenvalue weighted by Gasteiger charge is -2.06. The molecule has 0 atom stereocenters. The van der Waals surface area contributed by atoms with Gasteiger partial charge in [0.15, 0.2) is 0 Å².